The minimum atomic E-state index is -1.14. The molecule has 0 spiro atoms. The molecule has 1 saturated heterocycles. The molecular formula is C24H22N2O10. The molecule has 1 fully saturated rings. The fourth-order valence-corrected chi connectivity index (χ4v) is 3.61. The zero-order valence-corrected chi connectivity index (χ0v) is 19.6. The molecule has 0 atom stereocenters. The number of amides is 2. The second kappa shape index (κ2) is 10.8. The first-order valence-electron chi connectivity index (χ1n) is 10.5. The molecule has 2 aromatic rings. The smallest absolute Gasteiger partial charge is 0.341 e. The van der Waals surface area contributed by atoms with Gasteiger partial charge in [-0.1, -0.05) is 6.07 Å². The monoisotopic (exact) mass is 498 g/mol. The van der Waals surface area contributed by atoms with Crippen molar-refractivity contribution in [2.75, 3.05) is 25.1 Å². The van der Waals surface area contributed by atoms with E-state index < -0.39 is 35.7 Å². The molecule has 0 saturated carbocycles. The van der Waals surface area contributed by atoms with E-state index in [9.17, 15) is 28.8 Å². The molecule has 1 aliphatic rings. The standard InChI is InChI=1S/C24H22N2O10/c1-13(27)35-21-16(6-9-18(24(33)34-3)22(21)36-14(2)28)10-25-11-19(29)26(20(30)12-25)17-7-4-15(5-8-17)23(31)32/h4-9H,10-12H2,1-3H3,(H,31,32). The van der Waals surface area contributed by atoms with Gasteiger partial charge in [-0.05, 0) is 30.3 Å². The number of benzene rings is 2. The van der Waals surface area contributed by atoms with E-state index in [-0.39, 0.29) is 53.5 Å². The largest absolute Gasteiger partial charge is 0.478 e. The van der Waals surface area contributed by atoms with Crippen molar-refractivity contribution in [1.82, 2.24) is 4.90 Å². The zero-order valence-electron chi connectivity index (χ0n) is 19.6. The third-order valence-corrected chi connectivity index (χ3v) is 5.07. The first-order chi connectivity index (χ1) is 17.0. The van der Waals surface area contributed by atoms with Gasteiger partial charge in [-0.25, -0.2) is 14.5 Å². The van der Waals surface area contributed by atoms with Crippen LogP contribution in [0.15, 0.2) is 36.4 Å². The van der Waals surface area contributed by atoms with Gasteiger partial charge in [0.2, 0.25) is 11.8 Å². The number of aromatic carboxylic acids is 1. The summed E-state index contributed by atoms with van der Waals surface area (Å²) in [6.07, 6.45) is 0. The number of carbonyl (C=O) groups excluding carboxylic acids is 5. The first-order valence-corrected chi connectivity index (χ1v) is 10.5. The maximum Gasteiger partial charge on any atom is 0.341 e. The molecule has 3 rings (SSSR count). The number of ether oxygens (including phenoxy) is 3. The number of carboxylic acid groups (broad SMARTS) is 1. The summed E-state index contributed by atoms with van der Waals surface area (Å²) in [5, 5.41) is 9.03. The Morgan fingerprint density at radius 1 is 0.861 bits per heavy atom. The Labute approximate surface area is 204 Å². The SMILES string of the molecule is COC(=O)c1ccc(CN2CC(=O)N(c3ccc(C(=O)O)cc3)C(=O)C2)c(OC(C)=O)c1OC(C)=O. The molecule has 1 heterocycles. The number of nitrogens with zero attached hydrogens (tertiary/aromatic N) is 2. The van der Waals surface area contributed by atoms with E-state index in [1.54, 1.807) is 0 Å². The first kappa shape index (κ1) is 26.0. The number of methoxy groups -OCH3 is 1. The van der Waals surface area contributed by atoms with Crippen LogP contribution in [-0.2, 0) is 30.5 Å². The number of hydrogen-bond donors (Lipinski definition) is 1. The Balaban J connectivity index is 1.90. The van der Waals surface area contributed by atoms with Gasteiger partial charge in [-0.2, -0.15) is 0 Å². The molecule has 36 heavy (non-hydrogen) atoms. The summed E-state index contributed by atoms with van der Waals surface area (Å²) in [5.74, 6) is -5.17. The molecule has 0 aliphatic carbocycles. The van der Waals surface area contributed by atoms with Crippen LogP contribution in [0.4, 0.5) is 5.69 Å². The van der Waals surface area contributed by atoms with E-state index in [1.807, 2.05) is 0 Å². The van der Waals surface area contributed by atoms with Crippen molar-refractivity contribution in [1.29, 1.82) is 0 Å². The molecular weight excluding hydrogens is 476 g/mol. The van der Waals surface area contributed by atoms with Crippen LogP contribution in [0.25, 0.3) is 0 Å². The van der Waals surface area contributed by atoms with Gasteiger partial charge in [0.25, 0.3) is 0 Å². The number of imide groups is 1. The molecule has 2 aromatic carbocycles. The summed E-state index contributed by atoms with van der Waals surface area (Å²) in [6, 6.07) is 8.06. The summed E-state index contributed by atoms with van der Waals surface area (Å²) in [5.41, 5.74) is 0.354. The lowest BCUT2D eigenvalue weighted by atomic mass is 10.1. The van der Waals surface area contributed by atoms with E-state index in [0.29, 0.717) is 0 Å². The van der Waals surface area contributed by atoms with Gasteiger partial charge in [0.1, 0.15) is 5.56 Å². The third kappa shape index (κ3) is 5.73. The fraction of sp³-hybridized carbons (Fsp3) is 0.250. The van der Waals surface area contributed by atoms with Crippen molar-refractivity contribution in [3.8, 4) is 11.5 Å². The second-order valence-electron chi connectivity index (χ2n) is 7.73. The van der Waals surface area contributed by atoms with Gasteiger partial charge in [0.15, 0.2) is 11.5 Å². The molecule has 0 bridgehead atoms. The van der Waals surface area contributed by atoms with Crippen LogP contribution >= 0.6 is 0 Å². The zero-order chi connectivity index (χ0) is 26.6. The number of carboxylic acids is 1. The number of esters is 3. The van der Waals surface area contributed by atoms with Crippen LogP contribution in [-0.4, -0.2) is 65.9 Å². The Hall–Kier alpha value is -4.58. The van der Waals surface area contributed by atoms with Crippen molar-refractivity contribution in [3.63, 3.8) is 0 Å². The molecule has 0 unspecified atom stereocenters. The molecule has 1 aliphatic heterocycles. The summed E-state index contributed by atoms with van der Waals surface area (Å²) < 4.78 is 15.1. The highest BCUT2D eigenvalue weighted by Crippen LogP contribution is 2.37. The van der Waals surface area contributed by atoms with Gasteiger partial charge in [-0.15, -0.1) is 0 Å². The number of carbonyl (C=O) groups is 6. The molecule has 0 radical (unpaired) electrons. The molecule has 0 aromatic heterocycles. The van der Waals surface area contributed by atoms with E-state index in [4.69, 9.17) is 19.3 Å². The lowest BCUT2D eigenvalue weighted by Gasteiger charge is -2.33. The van der Waals surface area contributed by atoms with Crippen molar-refractivity contribution in [3.05, 3.63) is 53.1 Å². The lowest BCUT2D eigenvalue weighted by Crippen LogP contribution is -2.53. The van der Waals surface area contributed by atoms with Crippen LogP contribution in [0.5, 0.6) is 11.5 Å². The Bertz CT molecular complexity index is 1230. The quantitative estimate of drug-likeness (QED) is 0.334. The Kier molecular flexibility index (Phi) is 7.80. The van der Waals surface area contributed by atoms with Crippen LogP contribution < -0.4 is 14.4 Å². The van der Waals surface area contributed by atoms with Crippen LogP contribution in [0.1, 0.15) is 40.1 Å². The molecule has 12 heteroatoms. The van der Waals surface area contributed by atoms with E-state index in [0.717, 1.165) is 25.9 Å². The summed E-state index contributed by atoms with van der Waals surface area (Å²) in [4.78, 5) is 74.7. The summed E-state index contributed by atoms with van der Waals surface area (Å²) >= 11 is 0. The summed E-state index contributed by atoms with van der Waals surface area (Å²) in [7, 11) is 1.13. The van der Waals surface area contributed by atoms with Crippen LogP contribution in [0, 0.1) is 0 Å². The Morgan fingerprint density at radius 2 is 1.42 bits per heavy atom. The van der Waals surface area contributed by atoms with Gasteiger partial charge >= 0.3 is 23.9 Å². The van der Waals surface area contributed by atoms with Gasteiger partial charge in [-0.3, -0.25) is 24.1 Å². The van der Waals surface area contributed by atoms with Crippen molar-refractivity contribution in [2.24, 2.45) is 0 Å². The van der Waals surface area contributed by atoms with Gasteiger partial charge < -0.3 is 19.3 Å². The fourth-order valence-electron chi connectivity index (χ4n) is 3.61. The highest BCUT2D eigenvalue weighted by Gasteiger charge is 2.33. The van der Waals surface area contributed by atoms with E-state index in [2.05, 4.69) is 0 Å². The number of anilines is 1. The number of hydrogen-bond acceptors (Lipinski definition) is 10. The predicted octanol–water partition coefficient (Wildman–Crippen LogP) is 1.40. The molecule has 188 valence electrons. The molecule has 1 N–H and O–H groups in total. The van der Waals surface area contributed by atoms with Crippen molar-refractivity contribution in [2.45, 2.75) is 20.4 Å². The minimum Gasteiger partial charge on any atom is -0.478 e. The number of rotatable bonds is 7. The van der Waals surface area contributed by atoms with Crippen LogP contribution in [0.3, 0.4) is 0 Å². The van der Waals surface area contributed by atoms with Crippen molar-refractivity contribution >= 4 is 41.4 Å². The Morgan fingerprint density at radius 3 is 1.92 bits per heavy atom. The maximum atomic E-state index is 12.8. The predicted molar refractivity (Wildman–Crippen MR) is 122 cm³/mol. The highest BCUT2D eigenvalue weighted by molar-refractivity contribution is 6.17. The average Bonchev–Trinajstić information content (AvgIpc) is 2.80. The normalized spacial score (nSPS) is 13.8. The van der Waals surface area contributed by atoms with Gasteiger partial charge in [0.05, 0.1) is 31.5 Å². The van der Waals surface area contributed by atoms with E-state index >= 15 is 0 Å². The number of piperazine rings is 1. The highest BCUT2D eigenvalue weighted by atomic mass is 16.6. The topological polar surface area (TPSA) is 157 Å². The molecule has 12 nitrogen and oxygen atoms in total. The average molecular weight is 498 g/mol. The van der Waals surface area contributed by atoms with Crippen molar-refractivity contribution < 1.29 is 48.1 Å². The third-order valence-electron chi connectivity index (χ3n) is 5.07. The van der Waals surface area contributed by atoms with E-state index in [1.165, 1.54) is 41.3 Å². The molecule has 2 amide bonds. The van der Waals surface area contributed by atoms with Crippen LogP contribution in [0.2, 0.25) is 0 Å². The lowest BCUT2D eigenvalue weighted by molar-refractivity contribution is -0.134. The maximum absolute atomic E-state index is 12.8. The minimum absolute atomic E-state index is 0.00858. The summed E-state index contributed by atoms with van der Waals surface area (Å²) in [6.45, 7) is 1.75. The second-order valence-corrected chi connectivity index (χ2v) is 7.73. The van der Waals surface area contributed by atoms with Gasteiger partial charge in [0, 0.05) is 26.0 Å².